The molecule has 0 atom stereocenters. The van der Waals surface area contributed by atoms with Gasteiger partial charge in [-0.15, -0.1) is 0 Å². The lowest BCUT2D eigenvalue weighted by Crippen LogP contribution is -2.40. The molecule has 1 amide bonds. The first kappa shape index (κ1) is 15.8. The number of anilines is 2. The van der Waals surface area contributed by atoms with Crippen LogP contribution in [0.5, 0.6) is 0 Å². The number of likely N-dealkylation sites (N-methyl/N-ethyl adjacent to an activating group) is 1. The van der Waals surface area contributed by atoms with Gasteiger partial charge in [0.2, 0.25) is 5.91 Å². The van der Waals surface area contributed by atoms with Gasteiger partial charge in [0.15, 0.2) is 0 Å². The first-order valence-electron chi connectivity index (χ1n) is 5.93. The normalized spacial score (nSPS) is 11.7. The number of hydrogen-bond donors (Lipinski definition) is 3. The first-order valence-corrected chi connectivity index (χ1v) is 6.31. The molecule has 0 saturated carbocycles. The summed E-state index contributed by atoms with van der Waals surface area (Å²) in [4.78, 5) is 13.6. The molecule has 1 aromatic rings. The average molecular weight is 286 g/mol. The zero-order valence-corrected chi connectivity index (χ0v) is 12.2. The zero-order valence-electron chi connectivity index (χ0n) is 11.4. The van der Waals surface area contributed by atoms with Crippen LogP contribution in [0.3, 0.4) is 0 Å². The molecule has 0 radical (unpaired) electrons. The fourth-order valence-corrected chi connectivity index (χ4v) is 1.96. The van der Waals surface area contributed by atoms with E-state index in [1.54, 1.807) is 44.0 Å². The summed E-state index contributed by atoms with van der Waals surface area (Å²) in [5, 5.41) is 12.9. The molecule has 5 nitrogen and oxygen atoms in total. The van der Waals surface area contributed by atoms with Gasteiger partial charge < -0.3 is 16.2 Å². The van der Waals surface area contributed by atoms with Crippen LogP contribution in [0, 0.1) is 0 Å². The Kier molecular flexibility index (Phi) is 5.17. The molecule has 1 rings (SSSR count). The molecule has 1 aromatic carbocycles. The van der Waals surface area contributed by atoms with Crippen LogP contribution in [0.4, 0.5) is 11.4 Å². The van der Waals surface area contributed by atoms with Gasteiger partial charge in [-0.1, -0.05) is 11.6 Å². The van der Waals surface area contributed by atoms with Crippen LogP contribution >= 0.6 is 11.6 Å². The minimum atomic E-state index is -0.843. The summed E-state index contributed by atoms with van der Waals surface area (Å²) in [5.41, 5.74) is 5.86. The predicted octanol–water partition coefficient (Wildman–Crippen LogP) is 1.56. The van der Waals surface area contributed by atoms with Crippen LogP contribution in [0.2, 0.25) is 5.02 Å². The van der Waals surface area contributed by atoms with Crippen LogP contribution in [0.1, 0.15) is 13.8 Å². The maximum absolute atomic E-state index is 11.8. The van der Waals surface area contributed by atoms with E-state index in [-0.39, 0.29) is 12.5 Å². The molecule has 19 heavy (non-hydrogen) atoms. The summed E-state index contributed by atoms with van der Waals surface area (Å²) in [7, 11) is 1.76. The van der Waals surface area contributed by atoms with Crippen LogP contribution in [-0.2, 0) is 4.79 Å². The highest BCUT2D eigenvalue weighted by Gasteiger charge is 2.17. The second kappa shape index (κ2) is 6.23. The van der Waals surface area contributed by atoms with E-state index in [1.807, 2.05) is 0 Å². The van der Waals surface area contributed by atoms with Gasteiger partial charge in [0, 0.05) is 11.6 Å². The van der Waals surface area contributed by atoms with E-state index in [2.05, 4.69) is 5.32 Å². The van der Waals surface area contributed by atoms with E-state index >= 15 is 0 Å². The van der Waals surface area contributed by atoms with E-state index in [1.165, 1.54) is 0 Å². The molecular formula is C13H20ClN3O2. The molecule has 0 heterocycles. The van der Waals surface area contributed by atoms with E-state index in [9.17, 15) is 9.90 Å². The Morgan fingerprint density at radius 1 is 1.53 bits per heavy atom. The minimum Gasteiger partial charge on any atom is -0.397 e. The Morgan fingerprint density at radius 2 is 2.16 bits per heavy atom. The SMILES string of the molecule is CN(CC(=O)Nc1cc(Cl)ccc1N)CC(C)(C)O. The third kappa shape index (κ3) is 5.92. The molecule has 0 fully saturated rings. The van der Waals surface area contributed by atoms with Crippen LogP contribution in [0.15, 0.2) is 18.2 Å². The Bertz CT molecular complexity index is 458. The van der Waals surface area contributed by atoms with Gasteiger partial charge in [-0.25, -0.2) is 0 Å². The highest BCUT2D eigenvalue weighted by atomic mass is 35.5. The summed E-state index contributed by atoms with van der Waals surface area (Å²) in [6, 6.07) is 4.90. The van der Waals surface area contributed by atoms with E-state index in [4.69, 9.17) is 17.3 Å². The van der Waals surface area contributed by atoms with Crippen molar-refractivity contribution in [2.24, 2.45) is 0 Å². The molecule has 0 unspecified atom stereocenters. The number of benzene rings is 1. The van der Waals surface area contributed by atoms with Gasteiger partial charge in [-0.2, -0.15) is 0 Å². The van der Waals surface area contributed by atoms with Crippen molar-refractivity contribution >= 4 is 28.9 Å². The van der Waals surface area contributed by atoms with E-state index < -0.39 is 5.60 Å². The Balaban J connectivity index is 2.58. The number of nitrogens with two attached hydrogens (primary N) is 1. The molecule has 0 aliphatic carbocycles. The highest BCUT2D eigenvalue weighted by molar-refractivity contribution is 6.31. The fourth-order valence-electron chi connectivity index (χ4n) is 1.79. The fraction of sp³-hybridized carbons (Fsp3) is 0.462. The number of nitrogen functional groups attached to an aromatic ring is 1. The number of aliphatic hydroxyl groups is 1. The average Bonchev–Trinajstić information content (AvgIpc) is 2.20. The summed E-state index contributed by atoms with van der Waals surface area (Å²) in [6.07, 6.45) is 0. The molecule has 106 valence electrons. The molecule has 0 saturated heterocycles. The van der Waals surface area contributed by atoms with Crippen molar-refractivity contribution in [2.45, 2.75) is 19.4 Å². The number of nitrogens with zero attached hydrogens (tertiary/aromatic N) is 1. The molecular weight excluding hydrogens is 266 g/mol. The first-order chi connectivity index (χ1) is 8.67. The second-order valence-electron chi connectivity index (χ2n) is 5.26. The third-order valence-electron chi connectivity index (χ3n) is 2.36. The van der Waals surface area contributed by atoms with Gasteiger partial charge in [0.25, 0.3) is 0 Å². The minimum absolute atomic E-state index is 0.163. The van der Waals surface area contributed by atoms with Crippen LogP contribution in [0.25, 0.3) is 0 Å². The zero-order chi connectivity index (χ0) is 14.6. The number of amides is 1. The van der Waals surface area contributed by atoms with Crippen molar-refractivity contribution in [3.05, 3.63) is 23.2 Å². The lowest BCUT2D eigenvalue weighted by atomic mass is 10.1. The number of carbonyl (C=O) groups is 1. The van der Waals surface area contributed by atoms with Crippen LogP contribution in [-0.4, -0.2) is 41.7 Å². The lowest BCUT2D eigenvalue weighted by Gasteiger charge is -2.24. The molecule has 0 aliphatic heterocycles. The van der Waals surface area contributed by atoms with Crippen molar-refractivity contribution in [2.75, 3.05) is 31.2 Å². The smallest absolute Gasteiger partial charge is 0.238 e. The molecule has 0 aromatic heterocycles. The summed E-state index contributed by atoms with van der Waals surface area (Å²) >= 11 is 5.84. The largest absolute Gasteiger partial charge is 0.397 e. The quantitative estimate of drug-likeness (QED) is 0.718. The van der Waals surface area contributed by atoms with Gasteiger partial charge in [0.05, 0.1) is 23.5 Å². The monoisotopic (exact) mass is 285 g/mol. The summed E-state index contributed by atoms with van der Waals surface area (Å²) < 4.78 is 0. The predicted molar refractivity (Wildman–Crippen MR) is 78.3 cm³/mol. The van der Waals surface area contributed by atoms with Gasteiger partial charge in [0.1, 0.15) is 0 Å². The topological polar surface area (TPSA) is 78.6 Å². The summed E-state index contributed by atoms with van der Waals surface area (Å²) in [6.45, 7) is 3.94. The molecule has 4 N–H and O–H groups in total. The van der Waals surface area contributed by atoms with E-state index in [0.29, 0.717) is 22.9 Å². The van der Waals surface area contributed by atoms with Crippen molar-refractivity contribution < 1.29 is 9.90 Å². The Morgan fingerprint density at radius 3 is 2.74 bits per heavy atom. The molecule has 0 spiro atoms. The molecule has 0 aliphatic rings. The van der Waals surface area contributed by atoms with Gasteiger partial charge >= 0.3 is 0 Å². The number of hydrogen-bond acceptors (Lipinski definition) is 4. The number of nitrogens with one attached hydrogen (secondary N) is 1. The molecule has 0 bridgehead atoms. The number of rotatable bonds is 5. The Labute approximate surface area is 118 Å². The van der Waals surface area contributed by atoms with Gasteiger partial charge in [-0.05, 0) is 39.1 Å². The van der Waals surface area contributed by atoms with Crippen molar-refractivity contribution in [3.8, 4) is 0 Å². The maximum Gasteiger partial charge on any atom is 0.238 e. The number of carbonyl (C=O) groups excluding carboxylic acids is 1. The molecule has 6 heteroatoms. The van der Waals surface area contributed by atoms with Crippen LogP contribution < -0.4 is 11.1 Å². The Hall–Kier alpha value is -1.30. The highest BCUT2D eigenvalue weighted by Crippen LogP contribution is 2.22. The van der Waals surface area contributed by atoms with Crippen molar-refractivity contribution in [1.82, 2.24) is 4.90 Å². The van der Waals surface area contributed by atoms with Gasteiger partial charge in [-0.3, -0.25) is 9.69 Å². The number of halogens is 1. The van der Waals surface area contributed by atoms with Crippen molar-refractivity contribution in [1.29, 1.82) is 0 Å². The second-order valence-corrected chi connectivity index (χ2v) is 5.70. The third-order valence-corrected chi connectivity index (χ3v) is 2.59. The lowest BCUT2D eigenvalue weighted by molar-refractivity contribution is -0.117. The standard InChI is InChI=1S/C13H20ClN3O2/c1-13(2,19)8-17(3)7-12(18)16-11-6-9(14)4-5-10(11)15/h4-6,19H,7-8,15H2,1-3H3,(H,16,18). The maximum atomic E-state index is 11.8. The summed E-state index contributed by atoms with van der Waals surface area (Å²) in [5.74, 6) is -0.208. The van der Waals surface area contributed by atoms with E-state index in [0.717, 1.165) is 0 Å². The van der Waals surface area contributed by atoms with Crippen molar-refractivity contribution in [3.63, 3.8) is 0 Å².